The van der Waals surface area contributed by atoms with Crippen molar-refractivity contribution >= 4 is 57.1 Å². The van der Waals surface area contributed by atoms with E-state index in [9.17, 15) is 19.8 Å². The topological polar surface area (TPSA) is 95.1 Å². The van der Waals surface area contributed by atoms with E-state index in [4.69, 9.17) is 0 Å². The van der Waals surface area contributed by atoms with Crippen LogP contribution in [0.5, 0.6) is 0 Å². The second-order valence-corrected chi connectivity index (χ2v) is 9.28. The Morgan fingerprint density at radius 3 is 2.63 bits per heavy atom. The number of aliphatic hydroxyl groups excluding tert-OH is 1. The van der Waals surface area contributed by atoms with Crippen molar-refractivity contribution in [1.29, 1.82) is 0 Å². The number of β-lactam (4-membered cyclic amide) rings is 1. The minimum absolute atomic E-state index is 0.0489. The van der Waals surface area contributed by atoms with Crippen molar-refractivity contribution in [2.24, 2.45) is 11.8 Å². The minimum atomic E-state index is -1.11. The Bertz CT molecular complexity index is 993. The first kappa shape index (κ1) is 18.9. The zero-order valence-corrected chi connectivity index (χ0v) is 17.6. The standard InChI is InChI=1S/C17H19N3O4S3/c1-6-8(11(17(23)24)20-10(6)9(7(2)21)14(20)22)12-15(26-4)19-5-18-13(25-3)16(19)27-12/h5-7,9-10,21H,1-4H3,(H,23,24)/t6-,7+,9+,10+/m0/s1. The average molecular weight is 426 g/mol. The van der Waals surface area contributed by atoms with Crippen molar-refractivity contribution in [3.63, 3.8) is 0 Å². The molecule has 2 aromatic rings. The Labute approximate surface area is 168 Å². The number of carbonyl (C=O) groups excluding carboxylic acids is 1. The van der Waals surface area contributed by atoms with Gasteiger partial charge in [0.1, 0.15) is 21.9 Å². The number of rotatable bonds is 5. The van der Waals surface area contributed by atoms with E-state index in [1.54, 1.807) is 25.0 Å². The van der Waals surface area contributed by atoms with Gasteiger partial charge in [0.05, 0.1) is 28.0 Å². The SMILES string of the molecule is CSc1ncn2c(SC)c(C3=C(C(=O)O)N4C(=O)[C@H]([C@@H](C)O)[C@H]4[C@H]3C)sc12. The third-order valence-corrected chi connectivity index (χ3v) is 8.24. The number of imidazole rings is 1. The number of nitrogens with zero attached hydrogens (tertiary/aromatic N) is 3. The van der Waals surface area contributed by atoms with Crippen LogP contribution in [-0.4, -0.2) is 61.0 Å². The molecule has 0 saturated carbocycles. The van der Waals surface area contributed by atoms with Gasteiger partial charge in [0.15, 0.2) is 0 Å². The fourth-order valence-electron chi connectivity index (χ4n) is 4.18. The molecule has 1 amide bonds. The Hall–Kier alpha value is -1.49. The molecule has 1 saturated heterocycles. The van der Waals surface area contributed by atoms with Crippen LogP contribution in [-0.2, 0) is 9.59 Å². The Kier molecular flexibility index (Phi) is 4.57. The predicted octanol–water partition coefficient (Wildman–Crippen LogP) is 2.49. The summed E-state index contributed by atoms with van der Waals surface area (Å²) >= 11 is 4.59. The van der Waals surface area contributed by atoms with Gasteiger partial charge >= 0.3 is 5.97 Å². The highest BCUT2D eigenvalue weighted by Gasteiger charge is 2.60. The molecule has 0 aliphatic carbocycles. The molecule has 0 radical (unpaired) electrons. The van der Waals surface area contributed by atoms with E-state index in [1.165, 1.54) is 28.0 Å². The Balaban J connectivity index is 1.93. The van der Waals surface area contributed by atoms with Crippen molar-refractivity contribution in [2.75, 3.05) is 12.5 Å². The number of carboxylic acid groups (broad SMARTS) is 1. The van der Waals surface area contributed by atoms with Crippen LogP contribution in [0.2, 0.25) is 0 Å². The van der Waals surface area contributed by atoms with Gasteiger partial charge < -0.3 is 15.1 Å². The van der Waals surface area contributed by atoms with Crippen LogP contribution in [0.4, 0.5) is 0 Å². The summed E-state index contributed by atoms with van der Waals surface area (Å²) in [4.78, 5) is 32.2. The van der Waals surface area contributed by atoms with Crippen LogP contribution < -0.4 is 0 Å². The third-order valence-electron chi connectivity index (χ3n) is 5.31. The molecule has 2 aromatic heterocycles. The number of aromatic nitrogens is 2. The highest BCUT2D eigenvalue weighted by Crippen LogP contribution is 2.53. The molecule has 0 spiro atoms. The highest BCUT2D eigenvalue weighted by molar-refractivity contribution is 7.99. The van der Waals surface area contributed by atoms with Crippen LogP contribution >= 0.6 is 34.9 Å². The quantitative estimate of drug-likeness (QED) is 0.561. The summed E-state index contributed by atoms with van der Waals surface area (Å²) in [7, 11) is 0. The van der Waals surface area contributed by atoms with Crippen LogP contribution in [0.25, 0.3) is 10.4 Å². The molecule has 7 nitrogen and oxygen atoms in total. The molecule has 4 rings (SSSR count). The number of hydrogen-bond acceptors (Lipinski definition) is 7. The van der Waals surface area contributed by atoms with Crippen LogP contribution in [0.15, 0.2) is 22.1 Å². The van der Waals surface area contributed by atoms with E-state index in [-0.39, 0.29) is 23.6 Å². The van der Waals surface area contributed by atoms with Gasteiger partial charge in [-0.1, -0.05) is 6.92 Å². The van der Waals surface area contributed by atoms with Gasteiger partial charge in [-0.2, -0.15) is 0 Å². The second-order valence-electron chi connectivity index (χ2n) is 6.69. The predicted molar refractivity (Wildman–Crippen MR) is 106 cm³/mol. The van der Waals surface area contributed by atoms with Gasteiger partial charge in [0.2, 0.25) is 5.91 Å². The second kappa shape index (κ2) is 6.54. The number of carboxylic acids is 1. The molecule has 2 aliphatic rings. The number of fused-ring (bicyclic) bond motifs is 2. The van der Waals surface area contributed by atoms with Crippen molar-refractivity contribution < 1.29 is 19.8 Å². The van der Waals surface area contributed by atoms with E-state index < -0.39 is 18.0 Å². The molecular formula is C17H19N3O4S3. The lowest BCUT2D eigenvalue weighted by molar-refractivity contribution is -0.163. The third kappa shape index (κ3) is 2.43. The minimum Gasteiger partial charge on any atom is -0.477 e. The Morgan fingerprint density at radius 2 is 2.07 bits per heavy atom. The maximum Gasteiger partial charge on any atom is 0.352 e. The summed E-state index contributed by atoms with van der Waals surface area (Å²) in [6.45, 7) is 3.53. The number of thiazole rings is 1. The summed E-state index contributed by atoms with van der Waals surface area (Å²) in [6, 6.07) is -0.312. The normalized spacial score (nSPS) is 25.9. The molecule has 2 aliphatic heterocycles. The van der Waals surface area contributed by atoms with E-state index in [0.29, 0.717) is 5.57 Å². The number of aliphatic carboxylic acids is 1. The summed E-state index contributed by atoms with van der Waals surface area (Å²) in [5, 5.41) is 21.7. The molecule has 0 bridgehead atoms. The van der Waals surface area contributed by atoms with Crippen molar-refractivity contribution in [3.05, 3.63) is 16.9 Å². The maximum atomic E-state index is 12.5. The fraction of sp³-hybridized carbons (Fsp3) is 0.471. The van der Waals surface area contributed by atoms with E-state index in [0.717, 1.165) is 19.8 Å². The zero-order chi connectivity index (χ0) is 19.6. The Morgan fingerprint density at radius 1 is 1.37 bits per heavy atom. The van der Waals surface area contributed by atoms with E-state index >= 15 is 0 Å². The van der Waals surface area contributed by atoms with Crippen molar-refractivity contribution in [2.45, 2.75) is 36.0 Å². The number of hydrogen-bond donors (Lipinski definition) is 2. The van der Waals surface area contributed by atoms with E-state index in [2.05, 4.69) is 4.98 Å². The van der Waals surface area contributed by atoms with Crippen molar-refractivity contribution in [1.82, 2.24) is 14.3 Å². The number of aliphatic hydroxyl groups is 1. The average Bonchev–Trinajstić information content (AvgIpc) is 3.22. The summed E-state index contributed by atoms with van der Waals surface area (Å²) in [6.07, 6.45) is 4.86. The van der Waals surface area contributed by atoms with Crippen LogP contribution in [0.3, 0.4) is 0 Å². The lowest BCUT2D eigenvalue weighted by Crippen LogP contribution is -2.63. The summed E-state index contributed by atoms with van der Waals surface area (Å²) in [5.41, 5.74) is 0.724. The van der Waals surface area contributed by atoms with Gasteiger partial charge in [-0.3, -0.25) is 9.20 Å². The fourth-order valence-corrected chi connectivity index (χ4v) is 7.19. The molecular weight excluding hydrogens is 406 g/mol. The number of carbonyl (C=O) groups is 2. The zero-order valence-electron chi connectivity index (χ0n) is 15.2. The maximum absolute atomic E-state index is 12.5. The molecule has 27 heavy (non-hydrogen) atoms. The first-order valence-electron chi connectivity index (χ1n) is 8.40. The highest BCUT2D eigenvalue weighted by atomic mass is 32.2. The number of thioether (sulfide) groups is 2. The first-order chi connectivity index (χ1) is 12.8. The van der Waals surface area contributed by atoms with Crippen molar-refractivity contribution in [3.8, 4) is 0 Å². The van der Waals surface area contributed by atoms with Gasteiger partial charge in [-0.25, -0.2) is 9.78 Å². The van der Waals surface area contributed by atoms with Gasteiger partial charge in [0.25, 0.3) is 0 Å². The van der Waals surface area contributed by atoms with Gasteiger partial charge in [-0.05, 0) is 19.4 Å². The lowest BCUT2D eigenvalue weighted by atomic mass is 9.77. The summed E-state index contributed by atoms with van der Waals surface area (Å²) < 4.78 is 1.99. The molecule has 2 N–H and O–H groups in total. The molecule has 144 valence electrons. The summed E-state index contributed by atoms with van der Waals surface area (Å²) in [5.74, 6) is -2.15. The smallest absolute Gasteiger partial charge is 0.352 e. The molecule has 10 heteroatoms. The van der Waals surface area contributed by atoms with Gasteiger partial charge in [-0.15, -0.1) is 34.9 Å². The van der Waals surface area contributed by atoms with Crippen LogP contribution in [0, 0.1) is 11.8 Å². The monoisotopic (exact) mass is 425 g/mol. The molecule has 4 atom stereocenters. The molecule has 4 heterocycles. The molecule has 1 fully saturated rings. The van der Waals surface area contributed by atoms with Crippen LogP contribution in [0.1, 0.15) is 18.7 Å². The van der Waals surface area contributed by atoms with Gasteiger partial charge in [0, 0.05) is 11.5 Å². The molecule has 0 unspecified atom stereocenters. The van der Waals surface area contributed by atoms with E-state index in [1.807, 2.05) is 23.8 Å². The number of amides is 1. The first-order valence-corrected chi connectivity index (χ1v) is 11.7. The molecule has 0 aromatic carbocycles. The largest absolute Gasteiger partial charge is 0.477 e. The lowest BCUT2D eigenvalue weighted by Gasteiger charge is -2.46.